The van der Waals surface area contributed by atoms with Crippen LogP contribution in [0.3, 0.4) is 0 Å². The number of nitrogens with zero attached hydrogens (tertiary/aromatic N) is 1. The summed E-state index contributed by atoms with van der Waals surface area (Å²) in [6.07, 6.45) is 9.90. The van der Waals surface area contributed by atoms with Crippen molar-refractivity contribution in [1.29, 1.82) is 0 Å². The highest BCUT2D eigenvalue weighted by Gasteiger charge is 2.49. The summed E-state index contributed by atoms with van der Waals surface area (Å²) in [5.74, 6) is 1.25. The van der Waals surface area contributed by atoms with Gasteiger partial charge in [-0.25, -0.2) is 0 Å². The van der Waals surface area contributed by atoms with Gasteiger partial charge in [0.1, 0.15) is 0 Å². The third kappa shape index (κ3) is 3.67. The quantitative estimate of drug-likeness (QED) is 0.533. The average Bonchev–Trinajstić information content (AvgIpc) is 3.22. The van der Waals surface area contributed by atoms with Crippen LogP contribution in [0.1, 0.15) is 57.7 Å². The second-order valence-corrected chi connectivity index (χ2v) is 8.37. The molecule has 0 N–H and O–H groups in total. The molecule has 0 amide bonds. The van der Waals surface area contributed by atoms with Crippen LogP contribution in [0.15, 0.2) is 54.8 Å². The minimum atomic E-state index is 0.281. The second-order valence-electron chi connectivity index (χ2n) is 8.37. The Balaban J connectivity index is 2.16. The van der Waals surface area contributed by atoms with Gasteiger partial charge in [0.15, 0.2) is 0 Å². The first kappa shape index (κ1) is 18.6. The fourth-order valence-electron chi connectivity index (χ4n) is 3.80. The standard InChI is InChI=1S/C25H31N/c1-7-8-20(13-17(2)3)21-10-11-23(25(6)15-19(25)5)22(14-21)24-12-9-18(4)16-26-24/h7-14,16-17,19H,15H2,1-6H3/b8-7-,20-13+. The first-order valence-electron chi connectivity index (χ1n) is 9.77. The molecule has 3 rings (SSSR count). The third-order valence-electron chi connectivity index (χ3n) is 5.67. The van der Waals surface area contributed by atoms with E-state index in [-0.39, 0.29) is 5.41 Å². The van der Waals surface area contributed by atoms with Crippen molar-refractivity contribution in [2.75, 3.05) is 0 Å². The summed E-state index contributed by atoms with van der Waals surface area (Å²) in [4.78, 5) is 4.75. The first-order valence-corrected chi connectivity index (χ1v) is 9.77. The molecule has 0 radical (unpaired) electrons. The van der Waals surface area contributed by atoms with Gasteiger partial charge in [-0.3, -0.25) is 4.98 Å². The van der Waals surface area contributed by atoms with Crippen LogP contribution < -0.4 is 0 Å². The van der Waals surface area contributed by atoms with E-state index in [9.17, 15) is 0 Å². The topological polar surface area (TPSA) is 12.9 Å². The molecule has 1 aromatic heterocycles. The van der Waals surface area contributed by atoms with Crippen LogP contribution in [0.4, 0.5) is 0 Å². The van der Waals surface area contributed by atoms with Crippen LogP contribution in [-0.4, -0.2) is 4.98 Å². The van der Waals surface area contributed by atoms with Crippen molar-refractivity contribution < 1.29 is 0 Å². The van der Waals surface area contributed by atoms with Crippen molar-refractivity contribution in [2.45, 2.75) is 53.4 Å². The van der Waals surface area contributed by atoms with Crippen molar-refractivity contribution in [2.24, 2.45) is 11.8 Å². The van der Waals surface area contributed by atoms with Gasteiger partial charge in [-0.15, -0.1) is 0 Å². The molecule has 2 unspecified atom stereocenters. The molecule has 0 spiro atoms. The predicted octanol–water partition coefficient (Wildman–Crippen LogP) is 6.97. The lowest BCUT2D eigenvalue weighted by atomic mass is 9.86. The zero-order valence-electron chi connectivity index (χ0n) is 17.0. The van der Waals surface area contributed by atoms with Crippen LogP contribution in [-0.2, 0) is 5.41 Å². The fourth-order valence-corrected chi connectivity index (χ4v) is 3.80. The van der Waals surface area contributed by atoms with E-state index in [1.165, 1.54) is 34.2 Å². The van der Waals surface area contributed by atoms with Gasteiger partial charge in [0.05, 0.1) is 5.69 Å². The summed E-state index contributed by atoms with van der Waals surface area (Å²) in [6.45, 7) is 13.4. The number of pyridine rings is 1. The molecule has 136 valence electrons. The van der Waals surface area contributed by atoms with Gasteiger partial charge in [-0.05, 0) is 71.9 Å². The molecule has 1 heteroatoms. The van der Waals surface area contributed by atoms with Gasteiger partial charge in [-0.2, -0.15) is 0 Å². The van der Waals surface area contributed by atoms with E-state index in [1.807, 2.05) is 6.20 Å². The molecular weight excluding hydrogens is 314 g/mol. The zero-order valence-corrected chi connectivity index (χ0v) is 17.0. The maximum Gasteiger partial charge on any atom is 0.0705 e. The SMILES string of the molecule is C/C=C\C(=C/C(C)C)c1ccc(C2(C)CC2C)c(-c2ccc(C)cn2)c1. The molecule has 1 fully saturated rings. The van der Waals surface area contributed by atoms with Crippen molar-refractivity contribution in [1.82, 2.24) is 4.98 Å². The summed E-state index contributed by atoms with van der Waals surface area (Å²) in [7, 11) is 0. The molecule has 1 aliphatic rings. The Hall–Kier alpha value is -2.15. The maximum absolute atomic E-state index is 4.75. The highest BCUT2D eigenvalue weighted by molar-refractivity contribution is 5.79. The first-order chi connectivity index (χ1) is 12.3. The number of hydrogen-bond acceptors (Lipinski definition) is 1. The summed E-state index contributed by atoms with van der Waals surface area (Å²) < 4.78 is 0. The maximum atomic E-state index is 4.75. The van der Waals surface area contributed by atoms with E-state index in [0.717, 1.165) is 11.6 Å². The highest BCUT2D eigenvalue weighted by Crippen LogP contribution is 2.55. The third-order valence-corrected chi connectivity index (χ3v) is 5.67. The molecular formula is C25H31N. The van der Waals surface area contributed by atoms with Crippen LogP contribution >= 0.6 is 0 Å². The van der Waals surface area contributed by atoms with Gasteiger partial charge in [0.2, 0.25) is 0 Å². The molecule has 1 saturated carbocycles. The van der Waals surface area contributed by atoms with E-state index in [2.05, 4.69) is 90.1 Å². The smallest absolute Gasteiger partial charge is 0.0705 e. The van der Waals surface area contributed by atoms with Crippen molar-refractivity contribution >= 4 is 5.57 Å². The monoisotopic (exact) mass is 345 g/mol. The molecule has 0 saturated heterocycles. The molecule has 26 heavy (non-hydrogen) atoms. The Morgan fingerprint density at radius 3 is 2.50 bits per heavy atom. The van der Waals surface area contributed by atoms with E-state index in [1.54, 1.807) is 0 Å². The van der Waals surface area contributed by atoms with Crippen LogP contribution in [0, 0.1) is 18.8 Å². The Bertz CT molecular complexity index is 839. The number of aryl methyl sites for hydroxylation is 1. The molecule has 1 aromatic carbocycles. The molecule has 0 aliphatic heterocycles. The van der Waals surface area contributed by atoms with Crippen LogP contribution in [0.25, 0.3) is 16.8 Å². The molecule has 1 aliphatic carbocycles. The Labute approximate surface area is 158 Å². The Morgan fingerprint density at radius 1 is 1.23 bits per heavy atom. The van der Waals surface area contributed by atoms with Gasteiger partial charge in [0.25, 0.3) is 0 Å². The van der Waals surface area contributed by atoms with Gasteiger partial charge < -0.3 is 0 Å². The summed E-state index contributed by atoms with van der Waals surface area (Å²) in [6, 6.07) is 11.3. The Morgan fingerprint density at radius 2 is 1.96 bits per heavy atom. The van der Waals surface area contributed by atoms with Crippen molar-refractivity contribution in [3.05, 3.63) is 71.4 Å². The molecule has 2 aromatic rings. The molecule has 1 nitrogen and oxygen atoms in total. The largest absolute Gasteiger partial charge is 0.256 e. The lowest BCUT2D eigenvalue weighted by Crippen LogP contribution is -2.06. The van der Waals surface area contributed by atoms with Gasteiger partial charge in [-0.1, -0.05) is 64.1 Å². The summed E-state index contributed by atoms with van der Waals surface area (Å²) in [5.41, 5.74) is 7.85. The average molecular weight is 346 g/mol. The second kappa shape index (κ2) is 7.23. The number of hydrogen-bond donors (Lipinski definition) is 0. The van der Waals surface area contributed by atoms with E-state index >= 15 is 0 Å². The van der Waals surface area contributed by atoms with E-state index < -0.39 is 0 Å². The molecule has 0 bridgehead atoms. The number of benzene rings is 1. The number of allylic oxidation sites excluding steroid dienone is 4. The van der Waals surface area contributed by atoms with Gasteiger partial charge in [0, 0.05) is 11.8 Å². The van der Waals surface area contributed by atoms with Crippen LogP contribution in [0.2, 0.25) is 0 Å². The Kier molecular flexibility index (Phi) is 5.18. The summed E-state index contributed by atoms with van der Waals surface area (Å²) >= 11 is 0. The fraction of sp³-hybridized carbons (Fsp3) is 0.400. The predicted molar refractivity (Wildman–Crippen MR) is 113 cm³/mol. The van der Waals surface area contributed by atoms with E-state index in [4.69, 9.17) is 4.98 Å². The van der Waals surface area contributed by atoms with Crippen molar-refractivity contribution in [3.8, 4) is 11.3 Å². The number of aromatic nitrogens is 1. The molecule has 2 atom stereocenters. The lowest BCUT2D eigenvalue weighted by Gasteiger charge is -2.18. The normalized spacial score (nSPS) is 23.0. The van der Waals surface area contributed by atoms with E-state index in [0.29, 0.717) is 5.92 Å². The minimum Gasteiger partial charge on any atom is -0.256 e. The zero-order chi connectivity index (χ0) is 18.9. The summed E-state index contributed by atoms with van der Waals surface area (Å²) in [5, 5.41) is 0. The highest BCUT2D eigenvalue weighted by atomic mass is 14.7. The van der Waals surface area contributed by atoms with Crippen molar-refractivity contribution in [3.63, 3.8) is 0 Å². The van der Waals surface area contributed by atoms with Crippen LogP contribution in [0.5, 0.6) is 0 Å². The number of rotatable bonds is 5. The lowest BCUT2D eigenvalue weighted by molar-refractivity contribution is 0.703. The minimum absolute atomic E-state index is 0.281. The van der Waals surface area contributed by atoms with Gasteiger partial charge >= 0.3 is 0 Å². The molecule has 1 heterocycles.